The predicted octanol–water partition coefficient (Wildman–Crippen LogP) is 5.33. The normalized spacial score (nSPS) is 12.1. The van der Waals surface area contributed by atoms with Crippen molar-refractivity contribution in [1.29, 1.82) is 0 Å². The molecule has 0 radical (unpaired) electrons. The van der Waals surface area contributed by atoms with Gasteiger partial charge >= 0.3 is 0 Å². The van der Waals surface area contributed by atoms with E-state index in [0.717, 1.165) is 34.8 Å². The van der Waals surface area contributed by atoms with E-state index in [1.807, 2.05) is 30.6 Å². The third kappa shape index (κ3) is 3.51. The summed E-state index contributed by atoms with van der Waals surface area (Å²) in [5.41, 5.74) is 3.76. The monoisotopic (exact) mass is 354 g/mol. The van der Waals surface area contributed by atoms with Crippen molar-refractivity contribution in [3.8, 4) is 22.1 Å². The second kappa shape index (κ2) is 7.66. The average molecular weight is 354 g/mol. The van der Waals surface area contributed by atoms with Gasteiger partial charge in [-0.3, -0.25) is 9.36 Å². The summed E-state index contributed by atoms with van der Waals surface area (Å²) in [5, 5.41) is 2.79. The molecule has 0 N–H and O–H groups in total. The molecule has 0 bridgehead atoms. The first-order valence-corrected chi connectivity index (χ1v) is 9.41. The van der Waals surface area contributed by atoms with Gasteiger partial charge in [0.2, 0.25) is 0 Å². The molecule has 0 aliphatic rings. The van der Waals surface area contributed by atoms with Gasteiger partial charge in [0.1, 0.15) is 5.75 Å². The number of thiazole rings is 1. The van der Waals surface area contributed by atoms with Gasteiger partial charge in [0, 0.05) is 17.1 Å². The van der Waals surface area contributed by atoms with E-state index in [1.54, 1.807) is 10.6 Å². The highest BCUT2D eigenvalue weighted by Gasteiger charge is 2.15. The molecule has 0 amide bonds. The molecule has 5 heteroatoms. The van der Waals surface area contributed by atoms with Crippen molar-refractivity contribution in [2.45, 2.75) is 33.1 Å². The minimum Gasteiger partial charge on any atom is -0.493 e. The molecule has 2 heterocycles. The van der Waals surface area contributed by atoms with Gasteiger partial charge in [-0.2, -0.15) is 0 Å². The van der Waals surface area contributed by atoms with E-state index in [1.165, 1.54) is 16.9 Å². The molecule has 4 nitrogen and oxygen atoms in total. The highest BCUT2D eigenvalue weighted by atomic mass is 32.1. The second-order valence-corrected chi connectivity index (χ2v) is 6.77. The zero-order valence-corrected chi connectivity index (χ0v) is 15.5. The Balaban J connectivity index is 2.04. The molecule has 0 fully saturated rings. The third-order valence-electron chi connectivity index (χ3n) is 4.36. The van der Waals surface area contributed by atoms with E-state index in [0.29, 0.717) is 18.2 Å². The molecule has 0 aliphatic heterocycles. The van der Waals surface area contributed by atoms with Crippen LogP contribution in [-0.2, 0) is 0 Å². The topological polar surface area (TPSA) is 44.1 Å². The zero-order chi connectivity index (χ0) is 17.8. The van der Waals surface area contributed by atoms with Crippen LogP contribution in [0, 0.1) is 0 Å². The Morgan fingerprint density at radius 3 is 2.88 bits per heavy atom. The molecule has 3 rings (SSSR count). The minimum absolute atomic E-state index is 0.485. The minimum atomic E-state index is 0.485. The number of ether oxygens (including phenoxy) is 1. The number of hydrogen-bond acceptors (Lipinski definition) is 4. The van der Waals surface area contributed by atoms with Crippen molar-refractivity contribution < 1.29 is 9.53 Å². The average Bonchev–Trinajstić information content (AvgIpc) is 3.30. The van der Waals surface area contributed by atoms with Crippen LogP contribution < -0.4 is 4.74 Å². The van der Waals surface area contributed by atoms with E-state index in [4.69, 9.17) is 9.72 Å². The Kier molecular flexibility index (Phi) is 5.34. The Labute approximate surface area is 152 Å². The van der Waals surface area contributed by atoms with Crippen LogP contribution in [0.5, 0.6) is 5.75 Å². The van der Waals surface area contributed by atoms with E-state index >= 15 is 0 Å². The Bertz CT molecular complexity index is 866. The highest BCUT2D eigenvalue weighted by molar-refractivity contribution is 7.12. The van der Waals surface area contributed by atoms with Gasteiger partial charge in [0.15, 0.2) is 11.4 Å². The second-order valence-electron chi connectivity index (χ2n) is 5.93. The molecule has 0 saturated heterocycles. The largest absolute Gasteiger partial charge is 0.493 e. The van der Waals surface area contributed by atoms with Crippen molar-refractivity contribution in [2.75, 3.05) is 6.61 Å². The lowest BCUT2D eigenvalue weighted by Crippen LogP contribution is -1.99. The van der Waals surface area contributed by atoms with E-state index in [-0.39, 0.29) is 0 Å². The number of rotatable bonds is 7. The molecular weight excluding hydrogens is 332 g/mol. The molecule has 1 unspecified atom stereocenters. The smallest absolute Gasteiger partial charge is 0.194 e. The number of hydrogen-bond donors (Lipinski definition) is 0. The molecule has 1 aromatic carbocycles. The quantitative estimate of drug-likeness (QED) is 0.539. The van der Waals surface area contributed by atoms with E-state index in [9.17, 15) is 4.79 Å². The van der Waals surface area contributed by atoms with Gasteiger partial charge in [-0.1, -0.05) is 19.9 Å². The molecule has 0 aliphatic carbocycles. The SMILES string of the molecule is CCOc1ccc(C(C)CC)cc1-c1csc(-n2cccc2C=O)n1. The van der Waals surface area contributed by atoms with Gasteiger partial charge in [0.25, 0.3) is 0 Å². The molecule has 25 heavy (non-hydrogen) atoms. The highest BCUT2D eigenvalue weighted by Crippen LogP contribution is 2.35. The fraction of sp³-hybridized carbons (Fsp3) is 0.300. The number of benzene rings is 1. The fourth-order valence-corrected chi connectivity index (χ4v) is 3.56. The lowest BCUT2D eigenvalue weighted by atomic mass is 9.96. The summed E-state index contributed by atoms with van der Waals surface area (Å²) < 4.78 is 7.61. The van der Waals surface area contributed by atoms with Crippen LogP contribution in [0.15, 0.2) is 41.9 Å². The number of aromatic nitrogens is 2. The summed E-state index contributed by atoms with van der Waals surface area (Å²) in [6, 6.07) is 9.97. The molecule has 0 spiro atoms. The van der Waals surface area contributed by atoms with Crippen LogP contribution in [0.2, 0.25) is 0 Å². The summed E-state index contributed by atoms with van der Waals surface area (Å²) >= 11 is 1.52. The summed E-state index contributed by atoms with van der Waals surface area (Å²) in [7, 11) is 0. The number of carbonyl (C=O) groups excluding carboxylic acids is 1. The number of aldehydes is 1. The fourth-order valence-electron chi connectivity index (χ4n) is 2.73. The number of nitrogens with zero attached hydrogens (tertiary/aromatic N) is 2. The van der Waals surface area contributed by atoms with Crippen molar-refractivity contribution in [2.24, 2.45) is 0 Å². The Morgan fingerprint density at radius 2 is 2.16 bits per heavy atom. The Hall–Kier alpha value is -2.40. The van der Waals surface area contributed by atoms with Crippen molar-refractivity contribution >= 4 is 17.6 Å². The van der Waals surface area contributed by atoms with Crippen LogP contribution in [0.4, 0.5) is 0 Å². The maximum Gasteiger partial charge on any atom is 0.194 e. The molecule has 1 atom stereocenters. The first-order valence-electron chi connectivity index (χ1n) is 8.53. The van der Waals surface area contributed by atoms with Gasteiger partial charge in [-0.25, -0.2) is 4.98 Å². The maximum absolute atomic E-state index is 11.2. The lowest BCUT2D eigenvalue weighted by Gasteiger charge is -2.14. The summed E-state index contributed by atoms with van der Waals surface area (Å²) in [6.07, 6.45) is 3.78. The van der Waals surface area contributed by atoms with Crippen LogP contribution in [0.25, 0.3) is 16.4 Å². The molecule has 130 valence electrons. The van der Waals surface area contributed by atoms with E-state index < -0.39 is 0 Å². The zero-order valence-electron chi connectivity index (χ0n) is 14.7. The first-order chi connectivity index (χ1) is 12.2. The summed E-state index contributed by atoms with van der Waals surface area (Å²) in [6.45, 7) is 7.01. The standard InChI is InChI=1S/C20H22N2O2S/c1-4-14(3)15-8-9-19(24-5-2)17(11-15)18-13-25-20(21-18)22-10-6-7-16(22)12-23/h6-14H,4-5H2,1-3H3. The lowest BCUT2D eigenvalue weighted by molar-refractivity contribution is 0.111. The first kappa shape index (κ1) is 17.4. The van der Waals surface area contributed by atoms with Gasteiger partial charge in [-0.05, 0) is 49.1 Å². The van der Waals surface area contributed by atoms with Crippen molar-refractivity contribution in [3.05, 3.63) is 53.2 Å². The van der Waals surface area contributed by atoms with Crippen LogP contribution >= 0.6 is 11.3 Å². The predicted molar refractivity (Wildman–Crippen MR) is 102 cm³/mol. The van der Waals surface area contributed by atoms with Gasteiger partial charge in [-0.15, -0.1) is 11.3 Å². The van der Waals surface area contributed by atoms with E-state index in [2.05, 4.69) is 26.0 Å². The van der Waals surface area contributed by atoms with Crippen molar-refractivity contribution in [3.63, 3.8) is 0 Å². The molecule has 0 saturated carbocycles. The van der Waals surface area contributed by atoms with Gasteiger partial charge in [0.05, 0.1) is 18.0 Å². The van der Waals surface area contributed by atoms with Crippen LogP contribution in [0.1, 0.15) is 49.2 Å². The summed E-state index contributed by atoms with van der Waals surface area (Å²) in [4.78, 5) is 15.9. The number of carbonyl (C=O) groups is 1. The van der Waals surface area contributed by atoms with Crippen molar-refractivity contribution in [1.82, 2.24) is 9.55 Å². The van der Waals surface area contributed by atoms with Crippen LogP contribution in [0.3, 0.4) is 0 Å². The molecule has 3 aromatic rings. The van der Waals surface area contributed by atoms with Gasteiger partial charge < -0.3 is 4.74 Å². The molecule has 2 aromatic heterocycles. The maximum atomic E-state index is 11.2. The third-order valence-corrected chi connectivity index (χ3v) is 5.20. The van der Waals surface area contributed by atoms with Crippen LogP contribution in [-0.4, -0.2) is 22.4 Å². The molecular formula is C20H22N2O2S. The Morgan fingerprint density at radius 1 is 1.32 bits per heavy atom. The summed E-state index contributed by atoms with van der Waals surface area (Å²) in [5.74, 6) is 1.33.